The topological polar surface area (TPSA) is 34.1 Å². The highest BCUT2D eigenvalue weighted by Crippen LogP contribution is 2.36. The van der Waals surface area contributed by atoms with Gasteiger partial charge in [-0.15, -0.1) is 0 Å². The Balaban J connectivity index is 2.16. The van der Waals surface area contributed by atoms with Gasteiger partial charge in [-0.25, -0.2) is 4.39 Å². The molecule has 0 aliphatic heterocycles. The van der Waals surface area contributed by atoms with Crippen LogP contribution < -0.4 is 5.32 Å². The van der Waals surface area contributed by atoms with Gasteiger partial charge >= 0.3 is 0 Å². The second-order valence-corrected chi connectivity index (χ2v) is 13.2. The summed E-state index contributed by atoms with van der Waals surface area (Å²) in [6.45, 7) is 7.43. The lowest BCUT2D eigenvalue weighted by molar-refractivity contribution is 0.0980. The third kappa shape index (κ3) is 6.14. The van der Waals surface area contributed by atoms with Crippen LogP contribution in [0.15, 0.2) is 12.4 Å². The first kappa shape index (κ1) is 23.1. The fourth-order valence-electron chi connectivity index (χ4n) is 4.02. The van der Waals surface area contributed by atoms with Gasteiger partial charge in [0.1, 0.15) is 5.67 Å². The normalized spacial score (nSPS) is 18.4. The minimum absolute atomic E-state index is 0.285. The molecule has 1 heterocycles. The van der Waals surface area contributed by atoms with Gasteiger partial charge in [0.15, 0.2) is 8.32 Å². The molecule has 27 heavy (non-hydrogen) atoms. The first-order chi connectivity index (χ1) is 12.9. The van der Waals surface area contributed by atoms with Crippen molar-refractivity contribution >= 4 is 31.5 Å². The third-order valence-corrected chi connectivity index (χ3v) is 11.3. The molecule has 1 aliphatic carbocycles. The highest BCUT2D eigenvalue weighted by Gasteiger charge is 2.35. The molecule has 0 spiro atoms. The maximum absolute atomic E-state index is 15.0. The maximum Gasteiger partial charge on any atom is 0.192 e. The van der Waals surface area contributed by atoms with E-state index in [-0.39, 0.29) is 6.10 Å². The molecular weight excluding hydrogens is 402 g/mol. The zero-order chi connectivity index (χ0) is 19.9. The fourth-order valence-corrected chi connectivity index (χ4v) is 7.44. The highest BCUT2D eigenvalue weighted by molar-refractivity contribution is 6.73. The molecule has 1 atom stereocenters. The van der Waals surface area contributed by atoms with E-state index in [1.165, 1.54) is 0 Å². The van der Waals surface area contributed by atoms with Crippen LogP contribution >= 0.6 is 23.2 Å². The van der Waals surface area contributed by atoms with Gasteiger partial charge in [-0.3, -0.25) is 4.98 Å². The summed E-state index contributed by atoms with van der Waals surface area (Å²) in [4.78, 5) is 4.06. The number of nitrogens with zero attached hydrogens (tertiary/aromatic N) is 1. The van der Waals surface area contributed by atoms with Crippen molar-refractivity contribution in [2.45, 2.75) is 82.8 Å². The van der Waals surface area contributed by atoms with Crippen molar-refractivity contribution in [3.05, 3.63) is 28.0 Å². The van der Waals surface area contributed by atoms with Crippen LogP contribution in [0.1, 0.15) is 64.5 Å². The fraction of sp³-hybridized carbons (Fsp3) is 0.750. The molecule has 0 saturated heterocycles. The summed E-state index contributed by atoms with van der Waals surface area (Å²) < 4.78 is 21.7. The van der Waals surface area contributed by atoms with E-state index in [9.17, 15) is 4.39 Å². The van der Waals surface area contributed by atoms with E-state index < -0.39 is 14.0 Å². The monoisotopic (exact) mass is 434 g/mol. The predicted molar refractivity (Wildman–Crippen MR) is 115 cm³/mol. The van der Waals surface area contributed by atoms with Gasteiger partial charge in [-0.05, 0) is 31.0 Å². The molecule has 1 N–H and O–H groups in total. The molecule has 3 nitrogen and oxygen atoms in total. The van der Waals surface area contributed by atoms with Crippen molar-refractivity contribution in [3.8, 4) is 0 Å². The average molecular weight is 435 g/mol. The number of pyridine rings is 1. The van der Waals surface area contributed by atoms with E-state index in [4.69, 9.17) is 27.6 Å². The van der Waals surface area contributed by atoms with Gasteiger partial charge in [-0.1, -0.05) is 63.2 Å². The van der Waals surface area contributed by atoms with Crippen molar-refractivity contribution < 1.29 is 8.82 Å². The molecule has 1 unspecified atom stereocenters. The van der Waals surface area contributed by atoms with Gasteiger partial charge in [0.2, 0.25) is 0 Å². The molecule has 0 amide bonds. The second kappa shape index (κ2) is 10.5. The van der Waals surface area contributed by atoms with Crippen LogP contribution in [0.25, 0.3) is 0 Å². The van der Waals surface area contributed by atoms with Crippen LogP contribution in [0.2, 0.25) is 28.2 Å². The number of halogens is 3. The molecule has 0 aromatic carbocycles. The number of hydrogen-bond donors (Lipinski definition) is 1. The molecule has 1 aromatic heterocycles. The molecule has 7 heteroatoms. The SMILES string of the molecule is CC[Si](CC)(CC)OC(CNCC1(F)CCCCC1)c1c(Cl)cncc1Cl. The number of aromatic nitrogens is 1. The Morgan fingerprint density at radius 1 is 1.11 bits per heavy atom. The first-order valence-electron chi connectivity index (χ1n) is 10.2. The molecule has 0 bridgehead atoms. The van der Waals surface area contributed by atoms with E-state index >= 15 is 0 Å². The van der Waals surface area contributed by atoms with Crippen LogP contribution in [0.5, 0.6) is 0 Å². The van der Waals surface area contributed by atoms with Gasteiger partial charge in [0.25, 0.3) is 0 Å². The molecule has 1 fully saturated rings. The van der Waals surface area contributed by atoms with Crippen molar-refractivity contribution in [1.82, 2.24) is 10.3 Å². The second-order valence-electron chi connectivity index (χ2n) is 7.71. The van der Waals surface area contributed by atoms with Gasteiger partial charge in [-0.2, -0.15) is 0 Å². The molecule has 1 aromatic rings. The summed E-state index contributed by atoms with van der Waals surface area (Å²) in [5.74, 6) is 0. The van der Waals surface area contributed by atoms with E-state index in [0.717, 1.165) is 43.0 Å². The first-order valence-corrected chi connectivity index (χ1v) is 13.5. The van der Waals surface area contributed by atoms with Crippen LogP contribution in [-0.2, 0) is 4.43 Å². The zero-order valence-corrected chi connectivity index (χ0v) is 19.3. The number of rotatable bonds is 10. The lowest BCUT2D eigenvalue weighted by Crippen LogP contribution is -2.43. The zero-order valence-electron chi connectivity index (χ0n) is 16.8. The lowest BCUT2D eigenvalue weighted by atomic mass is 9.86. The molecule has 1 saturated carbocycles. The van der Waals surface area contributed by atoms with Crippen molar-refractivity contribution in [3.63, 3.8) is 0 Å². The van der Waals surface area contributed by atoms with Gasteiger partial charge < -0.3 is 9.74 Å². The Bertz CT molecular complexity index is 567. The number of alkyl halides is 1. The number of nitrogens with one attached hydrogen (secondary N) is 1. The van der Waals surface area contributed by atoms with E-state index in [0.29, 0.717) is 36.0 Å². The summed E-state index contributed by atoms with van der Waals surface area (Å²) in [5, 5.41) is 4.34. The third-order valence-electron chi connectivity index (χ3n) is 6.06. The Morgan fingerprint density at radius 2 is 1.67 bits per heavy atom. The summed E-state index contributed by atoms with van der Waals surface area (Å²) in [6.07, 6.45) is 7.27. The van der Waals surface area contributed by atoms with Gasteiger partial charge in [0, 0.05) is 31.0 Å². The van der Waals surface area contributed by atoms with Crippen molar-refractivity contribution in [2.24, 2.45) is 0 Å². The standard InChI is InChI=1S/C20H33Cl2FN2OSi/c1-4-27(5-2,6-3)26-18(19-16(21)12-24-13-17(19)22)14-25-15-20(23)10-8-7-9-11-20/h12-13,18,25H,4-11,14-15H2,1-3H3. The average Bonchev–Trinajstić information content (AvgIpc) is 2.66. The summed E-state index contributed by atoms with van der Waals surface area (Å²) >= 11 is 12.8. The van der Waals surface area contributed by atoms with Crippen molar-refractivity contribution in [2.75, 3.05) is 13.1 Å². The molecular formula is C20H33Cl2FN2OSi. The predicted octanol–water partition coefficient (Wildman–Crippen LogP) is 6.71. The Hall–Kier alpha value is -0.203. The van der Waals surface area contributed by atoms with Crippen LogP contribution in [0.3, 0.4) is 0 Å². The largest absolute Gasteiger partial charge is 0.409 e. The molecule has 1 aliphatic rings. The Labute approximate surface area is 174 Å². The van der Waals surface area contributed by atoms with Crippen LogP contribution in [0, 0.1) is 0 Å². The summed E-state index contributed by atoms with van der Waals surface area (Å²) in [5.41, 5.74) is -0.340. The minimum Gasteiger partial charge on any atom is -0.409 e. The quantitative estimate of drug-likeness (QED) is 0.415. The summed E-state index contributed by atoms with van der Waals surface area (Å²) in [7, 11) is -1.89. The number of hydrogen-bond acceptors (Lipinski definition) is 3. The molecule has 2 rings (SSSR count). The smallest absolute Gasteiger partial charge is 0.192 e. The maximum atomic E-state index is 15.0. The summed E-state index contributed by atoms with van der Waals surface area (Å²) in [6, 6.07) is 3.09. The van der Waals surface area contributed by atoms with Crippen LogP contribution in [0.4, 0.5) is 4.39 Å². The molecule has 0 radical (unpaired) electrons. The Morgan fingerprint density at radius 3 is 2.19 bits per heavy atom. The highest BCUT2D eigenvalue weighted by atomic mass is 35.5. The van der Waals surface area contributed by atoms with Gasteiger partial charge in [0.05, 0.1) is 16.1 Å². The van der Waals surface area contributed by atoms with Crippen LogP contribution in [-0.4, -0.2) is 32.1 Å². The van der Waals surface area contributed by atoms with Crippen molar-refractivity contribution in [1.29, 1.82) is 0 Å². The lowest BCUT2D eigenvalue weighted by Gasteiger charge is -2.35. The van der Waals surface area contributed by atoms with E-state index in [1.54, 1.807) is 12.4 Å². The van der Waals surface area contributed by atoms with E-state index in [2.05, 4.69) is 31.1 Å². The molecule has 154 valence electrons. The van der Waals surface area contributed by atoms with E-state index in [1.807, 2.05) is 0 Å². The Kier molecular flexibility index (Phi) is 9.01. The minimum atomic E-state index is -1.89.